The van der Waals surface area contributed by atoms with Gasteiger partial charge in [-0.1, -0.05) is 45.6 Å². The normalized spacial score (nSPS) is 16.5. The average Bonchev–Trinajstić information content (AvgIpc) is 3.37. The van der Waals surface area contributed by atoms with E-state index in [0.29, 0.717) is 17.7 Å². The SMILES string of the molecule is CCC.Cc1cccc(C(F)(F)F)n1.O=CNc1cc2cn(C3CCCCC3)nc2cc1N1CCC(CO)CC1. The Labute approximate surface area is 234 Å². The molecule has 5 rings (SSSR count). The minimum absolute atomic E-state index is 0.262. The first-order valence-electron chi connectivity index (χ1n) is 14.3. The Kier molecular flexibility index (Phi) is 11.8. The van der Waals surface area contributed by atoms with Crippen LogP contribution in [0.15, 0.2) is 36.5 Å². The van der Waals surface area contributed by atoms with Crippen molar-refractivity contribution in [3.8, 4) is 0 Å². The van der Waals surface area contributed by atoms with Gasteiger partial charge in [0, 0.05) is 37.0 Å². The van der Waals surface area contributed by atoms with Crippen LogP contribution in [-0.2, 0) is 11.0 Å². The molecule has 0 atom stereocenters. The van der Waals surface area contributed by atoms with Crippen LogP contribution in [0.3, 0.4) is 0 Å². The number of aromatic nitrogens is 3. The third kappa shape index (κ3) is 8.68. The number of anilines is 2. The third-order valence-corrected chi connectivity index (χ3v) is 7.19. The second-order valence-electron chi connectivity index (χ2n) is 10.6. The van der Waals surface area contributed by atoms with Crippen LogP contribution in [0.4, 0.5) is 24.5 Å². The van der Waals surface area contributed by atoms with E-state index in [1.54, 1.807) is 0 Å². The maximum Gasteiger partial charge on any atom is 0.433 e. The number of carbonyl (C=O) groups excluding carboxylic acids is 1. The molecule has 2 aliphatic rings. The lowest BCUT2D eigenvalue weighted by Crippen LogP contribution is -2.35. The molecule has 2 aromatic heterocycles. The Bertz CT molecular complexity index is 1200. The Balaban J connectivity index is 0.000000263. The van der Waals surface area contributed by atoms with E-state index >= 15 is 0 Å². The largest absolute Gasteiger partial charge is 0.433 e. The maximum absolute atomic E-state index is 11.9. The number of aryl methyl sites for hydroxylation is 1. The smallest absolute Gasteiger partial charge is 0.396 e. The fourth-order valence-corrected chi connectivity index (χ4v) is 5.11. The van der Waals surface area contributed by atoms with Gasteiger partial charge < -0.3 is 15.3 Å². The zero-order valence-corrected chi connectivity index (χ0v) is 23.8. The number of aliphatic hydroxyl groups excluding tert-OH is 1. The second-order valence-corrected chi connectivity index (χ2v) is 10.6. The van der Waals surface area contributed by atoms with Crippen molar-refractivity contribution >= 4 is 28.7 Å². The van der Waals surface area contributed by atoms with Crippen molar-refractivity contribution in [2.24, 2.45) is 5.92 Å². The van der Waals surface area contributed by atoms with Gasteiger partial charge in [0.15, 0.2) is 0 Å². The van der Waals surface area contributed by atoms with Crippen LogP contribution in [0.5, 0.6) is 0 Å². The van der Waals surface area contributed by atoms with E-state index in [4.69, 9.17) is 5.10 Å². The van der Waals surface area contributed by atoms with Gasteiger partial charge in [-0.2, -0.15) is 18.3 Å². The Morgan fingerprint density at radius 3 is 2.30 bits per heavy atom. The van der Waals surface area contributed by atoms with Gasteiger partial charge in [0.2, 0.25) is 6.41 Å². The van der Waals surface area contributed by atoms with Gasteiger partial charge in [-0.05, 0) is 62.8 Å². The minimum Gasteiger partial charge on any atom is -0.396 e. The van der Waals surface area contributed by atoms with Crippen LogP contribution in [0, 0.1) is 12.8 Å². The van der Waals surface area contributed by atoms with Gasteiger partial charge >= 0.3 is 6.18 Å². The predicted octanol–water partition coefficient (Wildman–Crippen LogP) is 7.14. The van der Waals surface area contributed by atoms with Crippen molar-refractivity contribution in [2.45, 2.75) is 84.4 Å². The van der Waals surface area contributed by atoms with E-state index in [-0.39, 0.29) is 6.61 Å². The van der Waals surface area contributed by atoms with Crippen LogP contribution in [0.25, 0.3) is 10.9 Å². The number of amides is 1. The number of halogens is 3. The molecule has 0 bridgehead atoms. The fourth-order valence-electron chi connectivity index (χ4n) is 5.11. The van der Waals surface area contributed by atoms with Gasteiger partial charge in [-0.15, -0.1) is 0 Å². The summed E-state index contributed by atoms with van der Waals surface area (Å²) in [6.07, 6.45) is 8.05. The van der Waals surface area contributed by atoms with E-state index in [0.717, 1.165) is 60.7 Å². The molecule has 220 valence electrons. The van der Waals surface area contributed by atoms with Crippen molar-refractivity contribution in [1.82, 2.24) is 14.8 Å². The topological polar surface area (TPSA) is 83.3 Å². The lowest BCUT2D eigenvalue weighted by Gasteiger charge is -2.33. The first-order valence-corrected chi connectivity index (χ1v) is 14.3. The molecule has 2 N–H and O–H groups in total. The summed E-state index contributed by atoms with van der Waals surface area (Å²) in [4.78, 5) is 16.7. The summed E-state index contributed by atoms with van der Waals surface area (Å²) < 4.78 is 37.9. The highest BCUT2D eigenvalue weighted by Gasteiger charge is 2.32. The standard InChI is InChI=1S/C20H28N4O2.C7H6F3N.C3H8/c25-13-15-6-8-23(9-7-15)20-11-18-16(10-19(20)21-14-26)12-24(22-18)17-4-2-1-3-5-17;1-5-3-2-4-6(11-5)7(8,9)10;1-3-2/h10-12,14-15,17,25H,1-9,13H2,(H,21,26);2-4H,1H3;3H2,1-2H3. The number of aliphatic hydroxyl groups is 1. The number of hydrogen-bond donors (Lipinski definition) is 2. The molecule has 1 aliphatic heterocycles. The number of fused-ring (bicyclic) bond motifs is 1. The highest BCUT2D eigenvalue weighted by molar-refractivity contribution is 5.93. The Morgan fingerprint density at radius 2 is 1.75 bits per heavy atom. The third-order valence-electron chi connectivity index (χ3n) is 7.19. The summed E-state index contributed by atoms with van der Waals surface area (Å²) in [5.74, 6) is 0.392. The number of hydrogen-bond acceptors (Lipinski definition) is 5. The lowest BCUT2D eigenvalue weighted by atomic mass is 9.96. The summed E-state index contributed by atoms with van der Waals surface area (Å²) in [5.41, 5.74) is 2.41. The first-order chi connectivity index (χ1) is 19.2. The predicted molar refractivity (Wildman–Crippen MR) is 154 cm³/mol. The number of pyridine rings is 1. The molecular formula is C30H42F3N5O2. The van der Waals surface area contributed by atoms with Crippen LogP contribution in [0.1, 0.15) is 82.6 Å². The minimum atomic E-state index is -4.33. The maximum atomic E-state index is 11.9. The molecule has 0 unspecified atom stereocenters. The molecule has 3 aromatic rings. The number of rotatable bonds is 5. The van der Waals surface area contributed by atoms with Crippen molar-refractivity contribution < 1.29 is 23.1 Å². The van der Waals surface area contributed by atoms with Gasteiger partial charge in [-0.3, -0.25) is 9.48 Å². The molecule has 2 fully saturated rings. The van der Waals surface area contributed by atoms with Crippen molar-refractivity contribution in [3.63, 3.8) is 0 Å². The summed E-state index contributed by atoms with van der Waals surface area (Å²) in [6, 6.07) is 8.47. The number of piperidine rings is 1. The zero-order valence-electron chi connectivity index (χ0n) is 23.8. The number of benzene rings is 1. The van der Waals surface area contributed by atoms with Gasteiger partial charge in [0.1, 0.15) is 5.69 Å². The number of nitrogens with one attached hydrogen (secondary N) is 1. The first kappa shape index (κ1) is 31.4. The van der Waals surface area contributed by atoms with E-state index in [9.17, 15) is 23.1 Å². The van der Waals surface area contributed by atoms with Gasteiger partial charge in [-0.25, -0.2) is 4.98 Å². The molecular weight excluding hydrogens is 519 g/mol. The molecule has 1 saturated carbocycles. The summed E-state index contributed by atoms with van der Waals surface area (Å²) in [6.45, 7) is 7.83. The highest BCUT2D eigenvalue weighted by atomic mass is 19.4. The highest BCUT2D eigenvalue weighted by Crippen LogP contribution is 2.35. The molecule has 10 heteroatoms. The second kappa shape index (κ2) is 15.0. The molecule has 0 radical (unpaired) electrons. The van der Waals surface area contributed by atoms with Crippen LogP contribution in [-0.4, -0.2) is 46.0 Å². The Hall–Kier alpha value is -3.14. The molecule has 1 aromatic carbocycles. The Morgan fingerprint density at radius 1 is 1.07 bits per heavy atom. The van der Waals surface area contributed by atoms with Crippen molar-refractivity contribution in [2.75, 3.05) is 29.9 Å². The molecule has 0 spiro atoms. The monoisotopic (exact) mass is 561 g/mol. The van der Waals surface area contributed by atoms with Crippen LogP contribution >= 0.6 is 0 Å². The number of carbonyl (C=O) groups is 1. The summed E-state index contributed by atoms with van der Waals surface area (Å²) in [5, 5.41) is 18.2. The zero-order chi connectivity index (χ0) is 29.1. The molecule has 1 saturated heterocycles. The van der Waals surface area contributed by atoms with E-state index < -0.39 is 11.9 Å². The molecule has 40 heavy (non-hydrogen) atoms. The fraction of sp³-hybridized carbons (Fsp3) is 0.567. The summed E-state index contributed by atoms with van der Waals surface area (Å²) in [7, 11) is 0. The molecule has 3 heterocycles. The van der Waals surface area contributed by atoms with Crippen molar-refractivity contribution in [1.29, 1.82) is 0 Å². The average molecular weight is 562 g/mol. The van der Waals surface area contributed by atoms with E-state index in [1.807, 2.05) is 6.07 Å². The quantitative estimate of drug-likeness (QED) is 0.324. The van der Waals surface area contributed by atoms with Gasteiger partial charge in [0.05, 0.1) is 22.9 Å². The van der Waals surface area contributed by atoms with Crippen LogP contribution < -0.4 is 10.2 Å². The molecule has 7 nitrogen and oxygen atoms in total. The van der Waals surface area contributed by atoms with Gasteiger partial charge in [0.25, 0.3) is 0 Å². The lowest BCUT2D eigenvalue weighted by molar-refractivity contribution is -0.141. The number of alkyl halides is 3. The van der Waals surface area contributed by atoms with E-state index in [1.165, 1.54) is 57.6 Å². The van der Waals surface area contributed by atoms with Crippen molar-refractivity contribution in [3.05, 3.63) is 47.9 Å². The number of nitrogens with zero attached hydrogens (tertiary/aromatic N) is 4. The molecule has 1 amide bonds. The van der Waals surface area contributed by atoms with E-state index in [2.05, 4.69) is 46.0 Å². The molecule has 1 aliphatic carbocycles. The summed E-state index contributed by atoms with van der Waals surface area (Å²) >= 11 is 0. The van der Waals surface area contributed by atoms with Crippen LogP contribution in [0.2, 0.25) is 0 Å².